The van der Waals surface area contributed by atoms with Crippen molar-refractivity contribution in [3.05, 3.63) is 34.5 Å². The van der Waals surface area contributed by atoms with Crippen molar-refractivity contribution in [2.45, 2.75) is 0 Å². The molecule has 0 saturated heterocycles. The maximum absolute atomic E-state index is 5.85. The summed E-state index contributed by atoms with van der Waals surface area (Å²) in [6.45, 7) is 3.70. The van der Waals surface area contributed by atoms with Crippen LogP contribution in [-0.4, -0.2) is 5.84 Å². The number of halogens is 2. The van der Waals surface area contributed by atoms with E-state index in [1.165, 1.54) is 0 Å². The lowest BCUT2D eigenvalue weighted by Crippen LogP contribution is -2.22. The molecule has 0 saturated carbocycles. The summed E-state index contributed by atoms with van der Waals surface area (Å²) >= 11 is 11.7. The van der Waals surface area contributed by atoms with Crippen LogP contribution < -0.4 is 11.1 Å². The molecule has 72 valence electrons. The standard InChI is InChI=1S/C9H7Cl2N3/c1-4-9(12)14-8-3-6(11)5(10)2-7(8)13-4/h2-3,13H,1H2,(H2,12,14). The number of amidine groups is 1. The molecule has 0 unspecified atom stereocenters. The number of aliphatic imine (C=N–C) groups is 1. The Kier molecular flexibility index (Phi) is 2.13. The van der Waals surface area contributed by atoms with Crippen molar-refractivity contribution in [1.29, 1.82) is 0 Å². The van der Waals surface area contributed by atoms with Crippen LogP contribution in [0, 0.1) is 0 Å². The molecular weight excluding hydrogens is 221 g/mol. The second-order valence-corrected chi connectivity index (χ2v) is 3.70. The lowest BCUT2D eigenvalue weighted by Gasteiger charge is -2.17. The fourth-order valence-electron chi connectivity index (χ4n) is 1.15. The highest BCUT2D eigenvalue weighted by Crippen LogP contribution is 2.36. The van der Waals surface area contributed by atoms with Crippen molar-refractivity contribution in [1.82, 2.24) is 0 Å². The van der Waals surface area contributed by atoms with Crippen LogP contribution in [0.15, 0.2) is 29.4 Å². The Morgan fingerprint density at radius 2 is 1.93 bits per heavy atom. The summed E-state index contributed by atoms with van der Waals surface area (Å²) in [5.41, 5.74) is 7.59. The highest BCUT2D eigenvalue weighted by atomic mass is 35.5. The number of anilines is 1. The van der Waals surface area contributed by atoms with Crippen LogP contribution >= 0.6 is 23.2 Å². The van der Waals surface area contributed by atoms with E-state index >= 15 is 0 Å². The molecule has 1 heterocycles. The molecule has 5 heteroatoms. The zero-order valence-electron chi connectivity index (χ0n) is 7.14. The van der Waals surface area contributed by atoms with E-state index in [2.05, 4.69) is 16.9 Å². The highest BCUT2D eigenvalue weighted by molar-refractivity contribution is 6.42. The molecule has 0 radical (unpaired) electrons. The van der Waals surface area contributed by atoms with Gasteiger partial charge in [0.15, 0.2) is 0 Å². The normalized spacial score (nSPS) is 14.4. The van der Waals surface area contributed by atoms with Gasteiger partial charge in [0, 0.05) is 0 Å². The predicted octanol–water partition coefficient (Wildman–Crippen LogP) is 2.92. The van der Waals surface area contributed by atoms with E-state index < -0.39 is 0 Å². The first-order valence-corrected chi connectivity index (χ1v) is 4.63. The van der Waals surface area contributed by atoms with Gasteiger partial charge in [-0.25, -0.2) is 4.99 Å². The molecule has 3 nitrogen and oxygen atoms in total. The molecule has 0 atom stereocenters. The first kappa shape index (κ1) is 9.37. The van der Waals surface area contributed by atoms with Gasteiger partial charge in [-0.2, -0.15) is 0 Å². The summed E-state index contributed by atoms with van der Waals surface area (Å²) < 4.78 is 0. The number of nitrogens with two attached hydrogens (primary N) is 1. The predicted molar refractivity (Wildman–Crippen MR) is 60.5 cm³/mol. The van der Waals surface area contributed by atoms with E-state index in [0.29, 0.717) is 27.3 Å². The van der Waals surface area contributed by atoms with Crippen molar-refractivity contribution >= 4 is 40.4 Å². The van der Waals surface area contributed by atoms with Crippen LogP contribution in [0.1, 0.15) is 0 Å². The molecule has 1 aliphatic rings. The Morgan fingerprint density at radius 3 is 2.64 bits per heavy atom. The fraction of sp³-hybridized carbons (Fsp3) is 0. The summed E-state index contributed by atoms with van der Waals surface area (Å²) in [5, 5.41) is 3.91. The van der Waals surface area contributed by atoms with E-state index in [0.717, 1.165) is 5.69 Å². The molecule has 0 bridgehead atoms. The first-order chi connectivity index (χ1) is 6.58. The second-order valence-electron chi connectivity index (χ2n) is 2.88. The van der Waals surface area contributed by atoms with Crippen LogP contribution in [0.3, 0.4) is 0 Å². The molecule has 0 spiro atoms. The van der Waals surface area contributed by atoms with Gasteiger partial charge < -0.3 is 11.1 Å². The Hall–Kier alpha value is -1.19. The Labute approximate surface area is 91.2 Å². The number of hydrogen-bond donors (Lipinski definition) is 2. The van der Waals surface area contributed by atoms with E-state index in [9.17, 15) is 0 Å². The number of nitrogens with one attached hydrogen (secondary N) is 1. The van der Waals surface area contributed by atoms with Gasteiger partial charge >= 0.3 is 0 Å². The third-order valence-corrected chi connectivity index (χ3v) is 2.60. The van der Waals surface area contributed by atoms with E-state index in [1.54, 1.807) is 12.1 Å². The van der Waals surface area contributed by atoms with Crippen molar-refractivity contribution in [3.63, 3.8) is 0 Å². The van der Waals surface area contributed by atoms with Gasteiger partial charge in [0.25, 0.3) is 0 Å². The fourth-order valence-corrected chi connectivity index (χ4v) is 1.47. The topological polar surface area (TPSA) is 50.4 Å². The maximum atomic E-state index is 5.85. The summed E-state index contributed by atoms with van der Waals surface area (Å²) in [4.78, 5) is 4.12. The van der Waals surface area contributed by atoms with Gasteiger partial charge in [-0.05, 0) is 12.1 Å². The smallest absolute Gasteiger partial charge is 0.147 e. The van der Waals surface area contributed by atoms with Gasteiger partial charge in [0.1, 0.15) is 5.84 Å². The third kappa shape index (κ3) is 1.45. The van der Waals surface area contributed by atoms with Crippen LogP contribution in [-0.2, 0) is 0 Å². The summed E-state index contributed by atoms with van der Waals surface area (Å²) in [6.07, 6.45) is 0. The van der Waals surface area contributed by atoms with Crippen LogP contribution in [0.2, 0.25) is 10.0 Å². The van der Waals surface area contributed by atoms with Crippen molar-refractivity contribution in [3.8, 4) is 0 Å². The molecular formula is C9H7Cl2N3. The van der Waals surface area contributed by atoms with Gasteiger partial charge in [0.05, 0.1) is 27.1 Å². The lowest BCUT2D eigenvalue weighted by molar-refractivity contribution is 1.36. The number of rotatable bonds is 0. The largest absolute Gasteiger partial charge is 0.382 e. The zero-order chi connectivity index (χ0) is 10.3. The van der Waals surface area contributed by atoms with Crippen LogP contribution in [0.5, 0.6) is 0 Å². The average molecular weight is 228 g/mol. The highest BCUT2D eigenvalue weighted by Gasteiger charge is 2.14. The van der Waals surface area contributed by atoms with Gasteiger partial charge in [-0.1, -0.05) is 29.8 Å². The van der Waals surface area contributed by atoms with Crippen molar-refractivity contribution in [2.24, 2.45) is 10.7 Å². The Morgan fingerprint density at radius 1 is 1.29 bits per heavy atom. The van der Waals surface area contributed by atoms with E-state index in [1.807, 2.05) is 0 Å². The molecule has 1 aromatic carbocycles. The van der Waals surface area contributed by atoms with E-state index in [-0.39, 0.29) is 0 Å². The minimum absolute atomic E-state index is 0.357. The molecule has 0 amide bonds. The average Bonchev–Trinajstić information content (AvgIpc) is 2.11. The van der Waals surface area contributed by atoms with E-state index in [4.69, 9.17) is 28.9 Å². The Bertz CT molecular complexity index is 452. The number of fused-ring (bicyclic) bond motifs is 1. The summed E-state index contributed by atoms with van der Waals surface area (Å²) in [6, 6.07) is 3.35. The lowest BCUT2D eigenvalue weighted by atomic mass is 10.2. The quantitative estimate of drug-likeness (QED) is 0.717. The molecule has 0 aromatic heterocycles. The number of benzene rings is 1. The second kappa shape index (κ2) is 3.19. The molecule has 3 N–H and O–H groups in total. The zero-order valence-corrected chi connectivity index (χ0v) is 8.65. The molecule has 1 aliphatic heterocycles. The monoisotopic (exact) mass is 227 g/mol. The molecule has 2 rings (SSSR count). The summed E-state index contributed by atoms with van der Waals surface area (Å²) in [7, 11) is 0. The van der Waals surface area contributed by atoms with Crippen molar-refractivity contribution < 1.29 is 0 Å². The SMILES string of the molecule is C=C1Nc2cc(Cl)c(Cl)cc2N=C1N. The first-order valence-electron chi connectivity index (χ1n) is 3.87. The number of nitrogens with zero attached hydrogens (tertiary/aromatic N) is 1. The van der Waals surface area contributed by atoms with Gasteiger partial charge in [-0.3, -0.25) is 0 Å². The Balaban J connectivity index is 2.61. The summed E-state index contributed by atoms with van der Waals surface area (Å²) in [5.74, 6) is 0.357. The van der Waals surface area contributed by atoms with Gasteiger partial charge in [-0.15, -0.1) is 0 Å². The number of hydrogen-bond acceptors (Lipinski definition) is 3. The molecule has 14 heavy (non-hydrogen) atoms. The van der Waals surface area contributed by atoms with Crippen LogP contribution in [0.25, 0.3) is 0 Å². The minimum atomic E-state index is 0.357. The van der Waals surface area contributed by atoms with Gasteiger partial charge in [0.2, 0.25) is 0 Å². The maximum Gasteiger partial charge on any atom is 0.147 e. The molecule has 0 aliphatic carbocycles. The minimum Gasteiger partial charge on any atom is -0.382 e. The molecule has 0 fully saturated rings. The van der Waals surface area contributed by atoms with Crippen LogP contribution in [0.4, 0.5) is 11.4 Å². The molecule has 1 aromatic rings. The third-order valence-electron chi connectivity index (χ3n) is 1.87. The van der Waals surface area contributed by atoms with Crippen molar-refractivity contribution in [2.75, 3.05) is 5.32 Å².